The molecule has 92 valence electrons. The summed E-state index contributed by atoms with van der Waals surface area (Å²) in [5.41, 5.74) is 1.09. The van der Waals surface area contributed by atoms with Crippen molar-refractivity contribution in [2.45, 2.75) is 0 Å². The van der Waals surface area contributed by atoms with Gasteiger partial charge >= 0.3 is 0 Å². The molecule has 0 amide bonds. The monoisotopic (exact) mass is 370 g/mol. The van der Waals surface area contributed by atoms with E-state index >= 15 is 0 Å². The van der Waals surface area contributed by atoms with Crippen LogP contribution in [0.5, 0.6) is 5.75 Å². The lowest BCUT2D eigenvalue weighted by Crippen LogP contribution is -1.81. The largest absolute Gasteiger partial charge is 0.507 e. The fourth-order valence-electron chi connectivity index (χ4n) is 1.48. The zero-order valence-electron chi connectivity index (χ0n) is 9.20. The Labute approximate surface area is 121 Å². The van der Waals surface area contributed by atoms with Crippen LogP contribution in [0, 0.1) is 5.82 Å². The normalized spacial score (nSPS) is 11.1. The summed E-state index contributed by atoms with van der Waals surface area (Å²) in [4.78, 5) is 0. The summed E-state index contributed by atoms with van der Waals surface area (Å²) in [5.74, 6) is -0.145. The van der Waals surface area contributed by atoms with E-state index in [9.17, 15) is 9.50 Å². The highest BCUT2D eigenvalue weighted by molar-refractivity contribution is 9.10. The fourth-order valence-corrected chi connectivity index (χ4v) is 2.24. The molecule has 0 unspecified atom stereocenters. The third-order valence-corrected chi connectivity index (χ3v) is 3.38. The van der Waals surface area contributed by atoms with Gasteiger partial charge < -0.3 is 5.11 Å². The molecular formula is C14H9Br2FO. The summed E-state index contributed by atoms with van der Waals surface area (Å²) >= 11 is 6.61. The van der Waals surface area contributed by atoms with Crippen LogP contribution >= 0.6 is 31.9 Å². The van der Waals surface area contributed by atoms with Gasteiger partial charge in [0.15, 0.2) is 0 Å². The van der Waals surface area contributed by atoms with Crippen molar-refractivity contribution in [1.29, 1.82) is 0 Å². The highest BCUT2D eigenvalue weighted by Gasteiger charge is 2.01. The highest BCUT2D eigenvalue weighted by atomic mass is 79.9. The van der Waals surface area contributed by atoms with Crippen molar-refractivity contribution in [1.82, 2.24) is 0 Å². The van der Waals surface area contributed by atoms with Crippen LogP contribution in [0.3, 0.4) is 0 Å². The van der Waals surface area contributed by atoms with Crippen LogP contribution in [-0.4, -0.2) is 5.11 Å². The molecule has 2 aromatic carbocycles. The maximum absolute atomic E-state index is 13.5. The molecule has 1 N–H and O–H groups in total. The SMILES string of the molecule is Oc1ccc(Br)cc1/C=C/c1cc(Br)ccc1F. The lowest BCUT2D eigenvalue weighted by molar-refractivity contribution is 0.474. The molecule has 2 aromatic rings. The van der Waals surface area contributed by atoms with Crippen molar-refractivity contribution in [2.24, 2.45) is 0 Å². The molecule has 0 saturated carbocycles. The van der Waals surface area contributed by atoms with Gasteiger partial charge in [-0.3, -0.25) is 0 Å². The first kappa shape index (κ1) is 13.3. The number of phenolic OH excluding ortho intramolecular Hbond substituents is 1. The van der Waals surface area contributed by atoms with E-state index in [0.29, 0.717) is 11.1 Å². The van der Waals surface area contributed by atoms with E-state index in [2.05, 4.69) is 31.9 Å². The molecule has 0 aliphatic carbocycles. The van der Waals surface area contributed by atoms with E-state index in [1.165, 1.54) is 6.07 Å². The third-order valence-electron chi connectivity index (χ3n) is 2.39. The van der Waals surface area contributed by atoms with Crippen LogP contribution < -0.4 is 0 Å². The Bertz CT molecular complexity index is 555. The molecular weight excluding hydrogens is 363 g/mol. The molecule has 0 saturated heterocycles. The molecule has 0 radical (unpaired) electrons. The van der Waals surface area contributed by atoms with Gasteiger partial charge in [0.25, 0.3) is 0 Å². The van der Waals surface area contributed by atoms with Crippen molar-refractivity contribution in [3.8, 4) is 5.75 Å². The predicted octanol–water partition coefficient (Wildman–Crippen LogP) is 5.23. The van der Waals surface area contributed by atoms with Gasteiger partial charge in [-0.15, -0.1) is 0 Å². The Hall–Kier alpha value is -1.13. The van der Waals surface area contributed by atoms with Gasteiger partial charge in [0.1, 0.15) is 11.6 Å². The van der Waals surface area contributed by atoms with Gasteiger partial charge in [-0.2, -0.15) is 0 Å². The lowest BCUT2D eigenvalue weighted by Gasteiger charge is -2.01. The van der Waals surface area contributed by atoms with Gasteiger partial charge in [0.2, 0.25) is 0 Å². The quantitative estimate of drug-likeness (QED) is 0.717. The molecule has 0 heterocycles. The highest BCUT2D eigenvalue weighted by Crippen LogP contribution is 2.25. The Kier molecular flexibility index (Phi) is 4.19. The van der Waals surface area contributed by atoms with Crippen LogP contribution in [0.2, 0.25) is 0 Å². The number of benzene rings is 2. The summed E-state index contributed by atoms with van der Waals surface area (Å²) in [6.45, 7) is 0. The molecule has 1 nitrogen and oxygen atoms in total. The standard InChI is InChI=1S/C14H9Br2FO/c15-11-3-5-13(17)9(7-11)1-2-10-8-12(16)4-6-14(10)18/h1-8,18H/b2-1+. The van der Waals surface area contributed by atoms with Gasteiger partial charge in [0, 0.05) is 20.1 Å². The zero-order valence-corrected chi connectivity index (χ0v) is 12.4. The van der Waals surface area contributed by atoms with E-state index in [1.54, 1.807) is 42.5 Å². The molecule has 0 spiro atoms. The van der Waals surface area contributed by atoms with E-state index in [0.717, 1.165) is 8.95 Å². The topological polar surface area (TPSA) is 20.2 Å². The molecule has 4 heteroatoms. The maximum Gasteiger partial charge on any atom is 0.130 e. The Morgan fingerprint density at radius 3 is 2.17 bits per heavy atom. The predicted molar refractivity (Wildman–Crippen MR) is 78.8 cm³/mol. The first-order valence-corrected chi connectivity index (χ1v) is 6.76. The third kappa shape index (κ3) is 3.21. The van der Waals surface area contributed by atoms with Gasteiger partial charge in [-0.25, -0.2) is 4.39 Å². The van der Waals surface area contributed by atoms with Crippen LogP contribution in [0.15, 0.2) is 45.3 Å². The fraction of sp³-hybridized carbons (Fsp3) is 0. The lowest BCUT2D eigenvalue weighted by atomic mass is 10.1. The smallest absolute Gasteiger partial charge is 0.130 e. The number of phenols is 1. The molecule has 18 heavy (non-hydrogen) atoms. The van der Waals surface area contributed by atoms with Crippen LogP contribution in [0.4, 0.5) is 4.39 Å². The van der Waals surface area contributed by atoms with E-state index < -0.39 is 0 Å². The average Bonchev–Trinajstić information content (AvgIpc) is 2.34. The second kappa shape index (κ2) is 5.67. The van der Waals surface area contributed by atoms with Crippen molar-refractivity contribution in [3.05, 3.63) is 62.3 Å². The average molecular weight is 372 g/mol. The molecule has 0 fully saturated rings. The Morgan fingerprint density at radius 1 is 0.889 bits per heavy atom. The van der Waals surface area contributed by atoms with Crippen molar-refractivity contribution in [2.75, 3.05) is 0 Å². The van der Waals surface area contributed by atoms with Gasteiger partial charge in [-0.1, -0.05) is 44.0 Å². The van der Waals surface area contributed by atoms with E-state index in [1.807, 2.05) is 0 Å². The summed E-state index contributed by atoms with van der Waals surface area (Å²) in [6.07, 6.45) is 3.30. The zero-order chi connectivity index (χ0) is 13.1. The summed E-state index contributed by atoms with van der Waals surface area (Å²) in [5, 5.41) is 9.66. The van der Waals surface area contributed by atoms with Gasteiger partial charge in [-0.05, 0) is 36.4 Å². The number of aromatic hydroxyl groups is 1. The summed E-state index contributed by atoms with van der Waals surface area (Å²) in [6, 6.07) is 9.81. The molecule has 2 rings (SSSR count). The summed E-state index contributed by atoms with van der Waals surface area (Å²) < 4.78 is 15.2. The van der Waals surface area contributed by atoms with E-state index in [-0.39, 0.29) is 11.6 Å². The summed E-state index contributed by atoms with van der Waals surface area (Å²) in [7, 11) is 0. The van der Waals surface area contributed by atoms with Crippen molar-refractivity contribution in [3.63, 3.8) is 0 Å². The van der Waals surface area contributed by atoms with Crippen molar-refractivity contribution >= 4 is 44.0 Å². The molecule has 0 aliphatic rings. The minimum Gasteiger partial charge on any atom is -0.507 e. The molecule has 0 bridgehead atoms. The van der Waals surface area contributed by atoms with Crippen LogP contribution in [-0.2, 0) is 0 Å². The van der Waals surface area contributed by atoms with Crippen LogP contribution in [0.1, 0.15) is 11.1 Å². The molecule has 0 atom stereocenters. The number of hydrogen-bond acceptors (Lipinski definition) is 1. The second-order valence-corrected chi connectivity index (χ2v) is 5.53. The molecule has 0 aliphatic heterocycles. The first-order valence-electron chi connectivity index (χ1n) is 5.18. The number of rotatable bonds is 2. The van der Waals surface area contributed by atoms with E-state index in [4.69, 9.17) is 0 Å². The minimum atomic E-state index is -0.302. The van der Waals surface area contributed by atoms with Crippen LogP contribution in [0.25, 0.3) is 12.2 Å². The number of halogens is 3. The number of hydrogen-bond donors (Lipinski definition) is 1. The maximum atomic E-state index is 13.5. The second-order valence-electron chi connectivity index (χ2n) is 3.70. The molecule has 0 aromatic heterocycles. The minimum absolute atomic E-state index is 0.157. The Balaban J connectivity index is 2.35. The first-order chi connectivity index (χ1) is 8.56. The van der Waals surface area contributed by atoms with Gasteiger partial charge in [0.05, 0.1) is 0 Å². The Morgan fingerprint density at radius 2 is 1.44 bits per heavy atom. The van der Waals surface area contributed by atoms with Crippen molar-refractivity contribution < 1.29 is 9.50 Å².